The molecule has 2 aromatic heterocycles. The number of nitrogens with zero attached hydrogens (tertiary/aromatic N) is 4. The first-order valence-electron chi connectivity index (χ1n) is 12.2. The van der Waals surface area contributed by atoms with Gasteiger partial charge in [-0.15, -0.1) is 0 Å². The van der Waals surface area contributed by atoms with E-state index in [1.165, 1.54) is 10.9 Å². The molecule has 0 spiro atoms. The van der Waals surface area contributed by atoms with Gasteiger partial charge in [-0.2, -0.15) is 15.0 Å². The van der Waals surface area contributed by atoms with Gasteiger partial charge >= 0.3 is 0 Å². The van der Waals surface area contributed by atoms with Crippen LogP contribution in [0.4, 0.5) is 0 Å². The molecule has 0 fully saturated rings. The van der Waals surface area contributed by atoms with Crippen LogP contribution in [0.5, 0.6) is 5.75 Å². The predicted octanol–water partition coefficient (Wildman–Crippen LogP) is 7.45. The van der Waals surface area contributed by atoms with Crippen molar-refractivity contribution in [2.75, 3.05) is 0 Å². The van der Waals surface area contributed by atoms with E-state index in [4.69, 9.17) is 37.3 Å². The lowest BCUT2D eigenvalue weighted by atomic mass is 10.1. The van der Waals surface area contributed by atoms with Crippen LogP contribution < -0.4 is 10.3 Å². The van der Waals surface area contributed by atoms with Crippen molar-refractivity contribution in [3.8, 4) is 23.4 Å². The zero-order valence-electron chi connectivity index (χ0n) is 20.7. The summed E-state index contributed by atoms with van der Waals surface area (Å²) in [5.74, 6) is 1.05. The molecule has 0 saturated heterocycles. The second kappa shape index (κ2) is 10.7. The van der Waals surface area contributed by atoms with Crippen LogP contribution in [-0.2, 0) is 6.61 Å². The molecule has 0 saturated carbocycles. The molecule has 40 heavy (non-hydrogen) atoms. The molecule has 0 aliphatic carbocycles. The Morgan fingerprint density at radius 1 is 0.975 bits per heavy atom. The number of nitriles is 1. The molecular formula is C31H18Cl2N4O3. The number of para-hydroxylation sites is 1. The normalized spacial score (nSPS) is 11.3. The van der Waals surface area contributed by atoms with Crippen molar-refractivity contribution < 1.29 is 9.15 Å². The Hall–Kier alpha value is -4.90. The van der Waals surface area contributed by atoms with E-state index in [-0.39, 0.29) is 18.0 Å². The van der Waals surface area contributed by atoms with E-state index in [9.17, 15) is 10.1 Å². The molecule has 2 heterocycles. The minimum absolute atomic E-state index is 0.163. The fourth-order valence-corrected chi connectivity index (χ4v) is 4.66. The van der Waals surface area contributed by atoms with E-state index in [0.717, 1.165) is 10.9 Å². The van der Waals surface area contributed by atoms with Gasteiger partial charge in [0.15, 0.2) is 5.76 Å². The second-order valence-electron chi connectivity index (χ2n) is 8.85. The summed E-state index contributed by atoms with van der Waals surface area (Å²) in [4.78, 5) is 18.3. The molecule has 9 heteroatoms. The van der Waals surface area contributed by atoms with E-state index in [2.05, 4.69) is 11.2 Å². The maximum absolute atomic E-state index is 13.6. The van der Waals surface area contributed by atoms with Crippen molar-refractivity contribution in [3.63, 3.8) is 0 Å². The molecule has 0 radical (unpaired) electrons. The Labute approximate surface area is 238 Å². The van der Waals surface area contributed by atoms with Crippen LogP contribution >= 0.6 is 23.2 Å². The third-order valence-electron chi connectivity index (χ3n) is 6.26. The number of fused-ring (bicyclic) bond motifs is 2. The number of hydrogen-bond acceptors (Lipinski definition) is 6. The molecule has 194 valence electrons. The van der Waals surface area contributed by atoms with E-state index in [0.29, 0.717) is 49.2 Å². The van der Waals surface area contributed by atoms with Gasteiger partial charge in [0.05, 0.1) is 28.8 Å². The van der Waals surface area contributed by atoms with E-state index in [1.54, 1.807) is 72.8 Å². The van der Waals surface area contributed by atoms with Crippen LogP contribution in [0, 0.1) is 11.3 Å². The number of halogens is 2. The summed E-state index contributed by atoms with van der Waals surface area (Å²) in [5.41, 5.74) is 2.53. The fourth-order valence-electron chi connectivity index (χ4n) is 4.30. The van der Waals surface area contributed by atoms with Gasteiger partial charge < -0.3 is 9.15 Å². The third kappa shape index (κ3) is 4.94. The number of aromatic nitrogens is 2. The van der Waals surface area contributed by atoms with Crippen LogP contribution in [0.1, 0.15) is 16.7 Å². The molecule has 0 N–H and O–H groups in total. The number of rotatable bonds is 6. The van der Waals surface area contributed by atoms with Gasteiger partial charge in [0.2, 0.25) is 5.82 Å². The first-order chi connectivity index (χ1) is 19.5. The minimum Gasteiger partial charge on any atom is -0.488 e. The zero-order valence-corrected chi connectivity index (χ0v) is 22.2. The Balaban J connectivity index is 1.44. The first-order valence-corrected chi connectivity index (χ1v) is 12.9. The first kappa shape index (κ1) is 25.4. The molecule has 0 bridgehead atoms. The molecule has 0 atom stereocenters. The van der Waals surface area contributed by atoms with Crippen molar-refractivity contribution in [3.05, 3.63) is 128 Å². The summed E-state index contributed by atoms with van der Waals surface area (Å²) in [5, 5.41) is 16.1. The summed E-state index contributed by atoms with van der Waals surface area (Å²) in [6.45, 7) is 0.163. The van der Waals surface area contributed by atoms with E-state index >= 15 is 0 Å². The lowest BCUT2D eigenvalue weighted by molar-refractivity contribution is 0.305. The average molecular weight is 565 g/mol. The molecule has 0 amide bonds. The Morgan fingerprint density at radius 3 is 2.62 bits per heavy atom. The standard InChI is InChI=1S/C31H18Cl2N4O3/c32-23-10-12-28-21(13-23)15-29(40-28)30-36-26-8-4-3-7-25(26)31(38)37(30)35-17-22-14-24(33)9-11-27(22)39-18-20-6-2-1-5-19(20)16-34/h1-15,17H,18H2. The van der Waals surface area contributed by atoms with Crippen molar-refractivity contribution >= 4 is 51.3 Å². The molecular weight excluding hydrogens is 547 g/mol. The van der Waals surface area contributed by atoms with Gasteiger partial charge in [-0.05, 0) is 60.7 Å². The summed E-state index contributed by atoms with van der Waals surface area (Å²) in [7, 11) is 0. The lowest BCUT2D eigenvalue weighted by Crippen LogP contribution is -2.20. The van der Waals surface area contributed by atoms with Crippen LogP contribution in [0.3, 0.4) is 0 Å². The van der Waals surface area contributed by atoms with Crippen molar-refractivity contribution in [2.45, 2.75) is 6.61 Å². The highest BCUT2D eigenvalue weighted by Crippen LogP contribution is 2.29. The maximum atomic E-state index is 13.6. The van der Waals surface area contributed by atoms with Crippen molar-refractivity contribution in [1.82, 2.24) is 9.66 Å². The summed E-state index contributed by atoms with van der Waals surface area (Å²) in [6, 6.07) is 28.5. The largest absolute Gasteiger partial charge is 0.488 e. The molecule has 4 aromatic carbocycles. The highest BCUT2D eigenvalue weighted by atomic mass is 35.5. The van der Waals surface area contributed by atoms with Crippen LogP contribution in [-0.4, -0.2) is 15.9 Å². The van der Waals surface area contributed by atoms with E-state index in [1.807, 2.05) is 18.2 Å². The van der Waals surface area contributed by atoms with Gasteiger partial charge in [0.1, 0.15) is 17.9 Å². The highest BCUT2D eigenvalue weighted by Gasteiger charge is 2.17. The van der Waals surface area contributed by atoms with Crippen LogP contribution in [0.2, 0.25) is 10.0 Å². The number of hydrogen-bond donors (Lipinski definition) is 0. The molecule has 6 aromatic rings. The summed E-state index contributed by atoms with van der Waals surface area (Å²) >= 11 is 12.5. The highest BCUT2D eigenvalue weighted by molar-refractivity contribution is 6.31. The molecule has 0 aliphatic rings. The predicted molar refractivity (Wildman–Crippen MR) is 156 cm³/mol. The SMILES string of the molecule is N#Cc1ccccc1COc1ccc(Cl)cc1C=Nn1c(-c2cc3cc(Cl)ccc3o2)nc2ccccc2c1=O. The number of furan rings is 1. The van der Waals surface area contributed by atoms with Gasteiger partial charge in [0, 0.05) is 26.6 Å². The molecule has 6 rings (SSSR count). The molecule has 0 unspecified atom stereocenters. The summed E-state index contributed by atoms with van der Waals surface area (Å²) in [6.07, 6.45) is 1.48. The number of ether oxygens (including phenoxy) is 1. The van der Waals surface area contributed by atoms with Gasteiger partial charge in [-0.1, -0.05) is 53.5 Å². The molecule has 0 aliphatic heterocycles. The van der Waals surface area contributed by atoms with Crippen LogP contribution in [0.25, 0.3) is 33.5 Å². The van der Waals surface area contributed by atoms with E-state index < -0.39 is 0 Å². The smallest absolute Gasteiger partial charge is 0.282 e. The molecule has 7 nitrogen and oxygen atoms in total. The van der Waals surface area contributed by atoms with Gasteiger partial charge in [-0.25, -0.2) is 4.98 Å². The minimum atomic E-state index is -0.372. The average Bonchev–Trinajstić information content (AvgIpc) is 3.39. The Bertz CT molecular complexity index is 2040. The van der Waals surface area contributed by atoms with Gasteiger partial charge in [0.25, 0.3) is 5.56 Å². The zero-order chi connectivity index (χ0) is 27.6. The van der Waals surface area contributed by atoms with Crippen LogP contribution in [0.15, 0.2) is 105 Å². The maximum Gasteiger partial charge on any atom is 0.282 e. The Kier molecular flexibility index (Phi) is 6.79. The monoisotopic (exact) mass is 564 g/mol. The lowest BCUT2D eigenvalue weighted by Gasteiger charge is -2.11. The fraction of sp³-hybridized carbons (Fsp3) is 0.0323. The number of benzene rings is 4. The van der Waals surface area contributed by atoms with Crippen molar-refractivity contribution in [1.29, 1.82) is 5.26 Å². The van der Waals surface area contributed by atoms with Gasteiger partial charge in [-0.3, -0.25) is 4.79 Å². The topological polar surface area (TPSA) is 93.4 Å². The Morgan fingerprint density at radius 2 is 1.75 bits per heavy atom. The second-order valence-corrected chi connectivity index (χ2v) is 9.72. The third-order valence-corrected chi connectivity index (χ3v) is 6.73. The summed E-state index contributed by atoms with van der Waals surface area (Å²) < 4.78 is 13.3. The quantitative estimate of drug-likeness (QED) is 0.196. The van der Waals surface area contributed by atoms with Crippen molar-refractivity contribution in [2.24, 2.45) is 5.10 Å².